The molecule has 0 unspecified atom stereocenters. The number of hydrogen-bond donors (Lipinski definition) is 2. The maximum Gasteiger partial charge on any atom is 0.209 e. The normalized spacial score (nSPS) is 12.5. The molecule has 0 aliphatic rings. The lowest BCUT2D eigenvalue weighted by atomic mass is 10.1. The standard InChI is InChI=1S/C16H16N4S.ClH/c1-10(19-20-16(17)18-2)11-7-8-15-13(9-11)12-5-3-4-6-14(12)21-15;/h3-9H,1-2H3,(H3,17,18,20);1H/b19-10+;. The SMILES string of the molecule is CN=C(N)N/N=C(\C)c1ccc2sc3ccccc3c2c1.Cl. The molecule has 0 spiro atoms. The molecule has 3 N–H and O–H groups in total. The van der Waals surface area contributed by atoms with Gasteiger partial charge in [-0.2, -0.15) is 5.10 Å². The van der Waals surface area contributed by atoms with E-state index in [-0.39, 0.29) is 12.4 Å². The van der Waals surface area contributed by atoms with Crippen LogP contribution in [0.3, 0.4) is 0 Å². The molecule has 0 aliphatic heterocycles. The first kappa shape index (κ1) is 16.3. The summed E-state index contributed by atoms with van der Waals surface area (Å²) in [5.41, 5.74) is 10.3. The van der Waals surface area contributed by atoms with E-state index in [9.17, 15) is 0 Å². The van der Waals surface area contributed by atoms with Gasteiger partial charge in [0.25, 0.3) is 0 Å². The lowest BCUT2D eigenvalue weighted by Crippen LogP contribution is -2.27. The van der Waals surface area contributed by atoms with Crippen LogP contribution in [0.15, 0.2) is 52.6 Å². The van der Waals surface area contributed by atoms with Crippen LogP contribution in [0.1, 0.15) is 12.5 Å². The summed E-state index contributed by atoms with van der Waals surface area (Å²) in [5, 5.41) is 6.80. The van der Waals surface area contributed by atoms with E-state index in [0.29, 0.717) is 5.96 Å². The van der Waals surface area contributed by atoms with Crippen LogP contribution in [0.5, 0.6) is 0 Å². The van der Waals surface area contributed by atoms with Crippen LogP contribution >= 0.6 is 23.7 Å². The average molecular weight is 333 g/mol. The largest absolute Gasteiger partial charge is 0.369 e. The Morgan fingerprint density at radius 3 is 2.59 bits per heavy atom. The van der Waals surface area contributed by atoms with Gasteiger partial charge in [0.1, 0.15) is 0 Å². The number of nitrogens with zero attached hydrogens (tertiary/aromatic N) is 2. The van der Waals surface area contributed by atoms with E-state index in [1.807, 2.05) is 18.3 Å². The van der Waals surface area contributed by atoms with Gasteiger partial charge in [-0.25, -0.2) is 5.43 Å². The molecule has 3 rings (SSSR count). The fraction of sp³-hybridized carbons (Fsp3) is 0.125. The summed E-state index contributed by atoms with van der Waals surface area (Å²) in [6.45, 7) is 1.95. The smallest absolute Gasteiger partial charge is 0.209 e. The van der Waals surface area contributed by atoms with Crippen molar-refractivity contribution < 1.29 is 0 Å². The highest BCUT2D eigenvalue weighted by atomic mass is 35.5. The highest BCUT2D eigenvalue weighted by molar-refractivity contribution is 7.25. The number of fused-ring (bicyclic) bond motifs is 3. The lowest BCUT2D eigenvalue weighted by Gasteiger charge is -2.03. The molecule has 114 valence electrons. The zero-order chi connectivity index (χ0) is 14.8. The molecule has 0 aliphatic carbocycles. The number of nitrogens with one attached hydrogen (secondary N) is 1. The maximum absolute atomic E-state index is 5.58. The molecule has 0 atom stereocenters. The summed E-state index contributed by atoms with van der Waals surface area (Å²) < 4.78 is 2.59. The second kappa shape index (κ2) is 6.77. The molecule has 3 aromatic rings. The van der Waals surface area contributed by atoms with Crippen molar-refractivity contribution in [3.63, 3.8) is 0 Å². The highest BCUT2D eigenvalue weighted by Crippen LogP contribution is 2.34. The molecule has 2 aromatic carbocycles. The van der Waals surface area contributed by atoms with E-state index in [1.165, 1.54) is 20.2 Å². The van der Waals surface area contributed by atoms with Crippen molar-refractivity contribution >= 4 is 55.6 Å². The predicted octanol–water partition coefficient (Wildman–Crippen LogP) is 3.73. The molecule has 6 heteroatoms. The molecule has 0 bridgehead atoms. The van der Waals surface area contributed by atoms with Crippen molar-refractivity contribution in [2.75, 3.05) is 7.05 Å². The third-order valence-corrected chi connectivity index (χ3v) is 4.53. The van der Waals surface area contributed by atoms with Crippen molar-refractivity contribution in [1.82, 2.24) is 5.43 Å². The Morgan fingerprint density at radius 2 is 1.82 bits per heavy atom. The van der Waals surface area contributed by atoms with Crippen LogP contribution < -0.4 is 11.2 Å². The molecule has 0 saturated heterocycles. The fourth-order valence-electron chi connectivity index (χ4n) is 2.21. The number of hydrogen-bond acceptors (Lipinski definition) is 3. The van der Waals surface area contributed by atoms with Gasteiger partial charge in [0.2, 0.25) is 5.96 Å². The Bertz CT molecular complexity index is 867. The van der Waals surface area contributed by atoms with Gasteiger partial charge in [-0.3, -0.25) is 4.99 Å². The lowest BCUT2D eigenvalue weighted by molar-refractivity contribution is 0.997. The van der Waals surface area contributed by atoms with E-state index in [0.717, 1.165) is 11.3 Å². The van der Waals surface area contributed by atoms with Crippen LogP contribution in [-0.4, -0.2) is 18.7 Å². The van der Waals surface area contributed by atoms with Crippen molar-refractivity contribution in [3.8, 4) is 0 Å². The Balaban J connectivity index is 0.00000176. The fourth-order valence-corrected chi connectivity index (χ4v) is 3.29. The number of benzene rings is 2. The van der Waals surface area contributed by atoms with Gasteiger partial charge in [0, 0.05) is 27.2 Å². The van der Waals surface area contributed by atoms with E-state index in [2.05, 4.69) is 58.0 Å². The summed E-state index contributed by atoms with van der Waals surface area (Å²) in [6.07, 6.45) is 0. The molecular formula is C16H17ClN4S. The molecule has 0 fully saturated rings. The first-order valence-electron chi connectivity index (χ1n) is 6.63. The molecule has 1 heterocycles. The molecule has 1 aromatic heterocycles. The van der Waals surface area contributed by atoms with Gasteiger partial charge in [0.15, 0.2) is 0 Å². The average Bonchev–Trinajstić information content (AvgIpc) is 2.90. The van der Waals surface area contributed by atoms with Crippen LogP contribution in [-0.2, 0) is 0 Å². The van der Waals surface area contributed by atoms with Crippen molar-refractivity contribution in [2.24, 2.45) is 15.8 Å². The first-order chi connectivity index (χ1) is 10.2. The van der Waals surface area contributed by atoms with Crippen molar-refractivity contribution in [2.45, 2.75) is 6.92 Å². The maximum atomic E-state index is 5.58. The predicted molar refractivity (Wildman–Crippen MR) is 99.5 cm³/mol. The van der Waals surface area contributed by atoms with Crippen molar-refractivity contribution in [3.05, 3.63) is 48.0 Å². The Kier molecular flexibility index (Phi) is 5.00. The quantitative estimate of drug-likeness (QED) is 0.426. The summed E-state index contributed by atoms with van der Waals surface area (Å²) in [6, 6.07) is 14.9. The molecule has 0 amide bonds. The minimum Gasteiger partial charge on any atom is -0.369 e. The molecule has 0 radical (unpaired) electrons. The van der Waals surface area contributed by atoms with Gasteiger partial charge < -0.3 is 5.73 Å². The zero-order valence-electron chi connectivity index (χ0n) is 12.3. The Hall–Kier alpha value is -2.11. The third-order valence-electron chi connectivity index (χ3n) is 3.37. The van der Waals surface area contributed by atoms with E-state index in [1.54, 1.807) is 7.05 Å². The van der Waals surface area contributed by atoms with Crippen LogP contribution in [0.2, 0.25) is 0 Å². The number of nitrogens with two attached hydrogens (primary N) is 1. The van der Waals surface area contributed by atoms with Crippen LogP contribution in [0, 0.1) is 0 Å². The van der Waals surface area contributed by atoms with E-state index in [4.69, 9.17) is 5.73 Å². The molecule has 0 saturated carbocycles. The molecular weight excluding hydrogens is 316 g/mol. The Morgan fingerprint density at radius 1 is 1.09 bits per heavy atom. The number of halogens is 1. The van der Waals surface area contributed by atoms with Gasteiger partial charge in [-0.1, -0.05) is 24.3 Å². The van der Waals surface area contributed by atoms with Gasteiger partial charge in [0.05, 0.1) is 5.71 Å². The second-order valence-electron chi connectivity index (χ2n) is 4.73. The number of thiophene rings is 1. The number of hydrazone groups is 1. The van der Waals surface area contributed by atoms with Gasteiger partial charge in [-0.05, 0) is 30.7 Å². The molecule has 4 nitrogen and oxygen atoms in total. The second-order valence-corrected chi connectivity index (χ2v) is 5.81. The Labute approximate surface area is 139 Å². The zero-order valence-corrected chi connectivity index (χ0v) is 14.0. The minimum atomic E-state index is 0. The summed E-state index contributed by atoms with van der Waals surface area (Å²) in [4.78, 5) is 3.81. The highest BCUT2D eigenvalue weighted by Gasteiger charge is 2.06. The minimum absolute atomic E-state index is 0. The summed E-state index contributed by atoms with van der Waals surface area (Å²) >= 11 is 1.81. The summed E-state index contributed by atoms with van der Waals surface area (Å²) in [5.74, 6) is 0.302. The molecule has 22 heavy (non-hydrogen) atoms. The van der Waals surface area contributed by atoms with Crippen LogP contribution in [0.4, 0.5) is 0 Å². The van der Waals surface area contributed by atoms with E-state index >= 15 is 0 Å². The van der Waals surface area contributed by atoms with Gasteiger partial charge in [-0.15, -0.1) is 23.7 Å². The van der Waals surface area contributed by atoms with Crippen LogP contribution in [0.25, 0.3) is 20.2 Å². The summed E-state index contributed by atoms with van der Waals surface area (Å²) in [7, 11) is 1.62. The third kappa shape index (κ3) is 3.05. The first-order valence-corrected chi connectivity index (χ1v) is 7.45. The number of guanidine groups is 1. The number of aliphatic imine (C=N–C) groups is 1. The van der Waals surface area contributed by atoms with E-state index < -0.39 is 0 Å². The monoisotopic (exact) mass is 332 g/mol. The van der Waals surface area contributed by atoms with Gasteiger partial charge >= 0.3 is 0 Å². The van der Waals surface area contributed by atoms with Crippen molar-refractivity contribution in [1.29, 1.82) is 0 Å². The topological polar surface area (TPSA) is 62.8 Å². The number of rotatable bonds is 2.